The van der Waals surface area contributed by atoms with E-state index < -0.39 is 5.91 Å². The highest BCUT2D eigenvalue weighted by molar-refractivity contribution is 6.24. The zero-order valence-electron chi connectivity index (χ0n) is 17.3. The molecule has 2 amide bonds. The predicted octanol–water partition coefficient (Wildman–Crippen LogP) is 2.63. The maximum Gasteiger partial charge on any atom is 0.284 e. The average Bonchev–Trinajstić information content (AvgIpc) is 3.13. The Bertz CT molecular complexity index is 898. The minimum absolute atomic E-state index is 0.0778. The Balaban J connectivity index is 1.42. The first kappa shape index (κ1) is 22.4. The first-order chi connectivity index (χ1) is 15.1. The van der Waals surface area contributed by atoms with Gasteiger partial charge in [-0.05, 0) is 35.1 Å². The van der Waals surface area contributed by atoms with Crippen LogP contribution in [0.15, 0.2) is 48.5 Å². The molecule has 0 aliphatic heterocycles. The van der Waals surface area contributed by atoms with Crippen molar-refractivity contribution in [1.29, 1.82) is 0 Å². The third-order valence-electron chi connectivity index (χ3n) is 5.39. The van der Waals surface area contributed by atoms with Crippen molar-refractivity contribution in [3.05, 3.63) is 59.7 Å². The number of rotatable bonds is 13. The summed E-state index contributed by atoms with van der Waals surface area (Å²) < 4.78 is 0. The summed E-state index contributed by atoms with van der Waals surface area (Å²) in [5.41, 5.74) is 4.82. The van der Waals surface area contributed by atoms with Gasteiger partial charge in [0.05, 0.1) is 13.2 Å². The number of fused-ring (bicyclic) bond motifs is 3. The molecule has 0 fully saturated rings. The van der Waals surface area contributed by atoms with Gasteiger partial charge in [0.15, 0.2) is 5.78 Å². The molecule has 0 spiro atoms. The number of ketones is 1. The van der Waals surface area contributed by atoms with Crippen LogP contribution in [-0.2, 0) is 24.0 Å². The number of hydroxylamine groups is 2. The minimum atomic E-state index is -0.792. The maximum absolute atomic E-state index is 11.6. The van der Waals surface area contributed by atoms with Crippen LogP contribution in [0.3, 0.4) is 0 Å². The van der Waals surface area contributed by atoms with Gasteiger partial charge in [-0.15, -0.1) is 0 Å². The van der Waals surface area contributed by atoms with Crippen LogP contribution in [-0.4, -0.2) is 49.1 Å². The molecule has 1 aliphatic carbocycles. The van der Waals surface area contributed by atoms with Gasteiger partial charge in [-0.2, -0.15) is 0 Å². The van der Waals surface area contributed by atoms with Crippen LogP contribution >= 0.6 is 0 Å². The van der Waals surface area contributed by atoms with Crippen molar-refractivity contribution in [1.82, 2.24) is 10.4 Å². The summed E-state index contributed by atoms with van der Waals surface area (Å²) in [5, 5.41) is 3.54. The fraction of sp³-hybridized carbons (Fsp3) is 0.333. The molecule has 0 atom stereocenters. The van der Waals surface area contributed by atoms with Crippen LogP contribution in [0.4, 0.5) is 0 Å². The number of amides is 2. The zero-order chi connectivity index (χ0) is 22.1. The van der Waals surface area contributed by atoms with Crippen molar-refractivity contribution in [2.75, 3.05) is 19.7 Å². The molecule has 1 aliphatic rings. The maximum atomic E-state index is 11.6. The van der Waals surface area contributed by atoms with Crippen LogP contribution in [0.2, 0.25) is 0 Å². The Kier molecular flexibility index (Phi) is 8.06. The number of hydrogen-bond donors (Lipinski definition) is 1. The number of nitrogens with one attached hydrogen (secondary N) is 1. The second-order valence-corrected chi connectivity index (χ2v) is 7.45. The topological polar surface area (TPSA) is 92.8 Å². The molecule has 2 aromatic rings. The zero-order valence-corrected chi connectivity index (χ0v) is 17.3. The van der Waals surface area contributed by atoms with Crippen LogP contribution in [0.25, 0.3) is 11.1 Å². The number of aldehydes is 1. The van der Waals surface area contributed by atoms with E-state index in [1.54, 1.807) is 0 Å². The molecular formula is C24H26N2O5. The number of hydrogen-bond acceptors (Lipinski definition) is 5. The molecule has 0 saturated carbocycles. The summed E-state index contributed by atoms with van der Waals surface area (Å²) in [4.78, 5) is 49.9. The van der Waals surface area contributed by atoms with E-state index in [1.165, 1.54) is 27.3 Å². The van der Waals surface area contributed by atoms with E-state index in [-0.39, 0.29) is 24.5 Å². The molecule has 162 valence electrons. The molecule has 1 N–H and O–H groups in total. The van der Waals surface area contributed by atoms with E-state index in [4.69, 9.17) is 4.84 Å². The van der Waals surface area contributed by atoms with E-state index in [0.29, 0.717) is 38.8 Å². The Morgan fingerprint density at radius 1 is 0.935 bits per heavy atom. The number of carbonyl (C=O) groups excluding carboxylic acids is 4. The predicted molar refractivity (Wildman–Crippen MR) is 115 cm³/mol. The summed E-state index contributed by atoms with van der Waals surface area (Å²) in [6.07, 6.45) is 3.24. The highest BCUT2D eigenvalue weighted by Crippen LogP contribution is 2.44. The molecular weight excluding hydrogens is 396 g/mol. The Morgan fingerprint density at radius 3 is 2.19 bits per heavy atom. The molecule has 7 nitrogen and oxygen atoms in total. The van der Waals surface area contributed by atoms with Gasteiger partial charge in [-0.1, -0.05) is 55.0 Å². The number of nitrogens with zero attached hydrogens (tertiary/aromatic N) is 1. The van der Waals surface area contributed by atoms with Crippen molar-refractivity contribution >= 4 is 24.4 Å². The van der Waals surface area contributed by atoms with E-state index in [0.717, 1.165) is 6.42 Å². The quantitative estimate of drug-likeness (QED) is 0.232. The first-order valence-electron chi connectivity index (χ1n) is 10.4. The van der Waals surface area contributed by atoms with Crippen molar-refractivity contribution in [3.63, 3.8) is 0 Å². The van der Waals surface area contributed by atoms with Gasteiger partial charge in [0.2, 0.25) is 12.7 Å². The SMILES string of the molecule is O=CC(=O)NCC(=O)CCCCCN(C=O)OCC1c2ccccc2-c2ccccc21. The summed E-state index contributed by atoms with van der Waals surface area (Å²) in [6.45, 7) is 0.683. The highest BCUT2D eigenvalue weighted by Gasteiger charge is 2.28. The fourth-order valence-electron chi connectivity index (χ4n) is 3.84. The van der Waals surface area contributed by atoms with Gasteiger partial charge in [0.25, 0.3) is 5.91 Å². The van der Waals surface area contributed by atoms with Crippen LogP contribution in [0.5, 0.6) is 0 Å². The second kappa shape index (κ2) is 11.2. The Hall–Kier alpha value is -3.32. The lowest BCUT2D eigenvalue weighted by atomic mass is 9.98. The van der Waals surface area contributed by atoms with Crippen molar-refractivity contribution < 1.29 is 24.0 Å². The lowest BCUT2D eigenvalue weighted by Crippen LogP contribution is -2.30. The lowest BCUT2D eigenvalue weighted by Gasteiger charge is -2.20. The summed E-state index contributed by atoms with van der Waals surface area (Å²) >= 11 is 0. The fourth-order valence-corrected chi connectivity index (χ4v) is 3.84. The van der Waals surface area contributed by atoms with Crippen LogP contribution in [0.1, 0.15) is 42.7 Å². The normalized spacial score (nSPS) is 12.0. The van der Waals surface area contributed by atoms with Crippen molar-refractivity contribution in [3.8, 4) is 11.1 Å². The average molecular weight is 422 g/mol. The smallest absolute Gasteiger partial charge is 0.284 e. The van der Waals surface area contributed by atoms with Crippen LogP contribution < -0.4 is 5.32 Å². The Labute approximate surface area is 181 Å². The van der Waals surface area contributed by atoms with Crippen molar-refractivity contribution in [2.45, 2.75) is 31.6 Å². The summed E-state index contributed by atoms with van der Waals surface area (Å²) in [7, 11) is 0. The summed E-state index contributed by atoms with van der Waals surface area (Å²) in [6, 6.07) is 16.5. The molecule has 31 heavy (non-hydrogen) atoms. The van der Waals surface area contributed by atoms with Crippen molar-refractivity contribution in [2.24, 2.45) is 0 Å². The molecule has 0 saturated heterocycles. The minimum Gasteiger partial charge on any atom is -0.343 e. The number of Topliss-reactive ketones (excluding diaryl/α,β-unsaturated/α-hetero) is 1. The lowest BCUT2D eigenvalue weighted by molar-refractivity contribution is -0.173. The van der Waals surface area contributed by atoms with Gasteiger partial charge in [0.1, 0.15) is 0 Å². The molecule has 0 aromatic heterocycles. The van der Waals surface area contributed by atoms with Gasteiger partial charge in [0, 0.05) is 18.9 Å². The van der Waals surface area contributed by atoms with E-state index >= 15 is 0 Å². The van der Waals surface area contributed by atoms with Gasteiger partial charge in [-0.25, -0.2) is 5.06 Å². The first-order valence-corrected chi connectivity index (χ1v) is 10.4. The molecule has 0 bridgehead atoms. The Morgan fingerprint density at radius 2 is 1.58 bits per heavy atom. The molecule has 0 radical (unpaired) electrons. The second-order valence-electron chi connectivity index (χ2n) is 7.45. The molecule has 7 heteroatoms. The highest BCUT2D eigenvalue weighted by atomic mass is 16.7. The molecule has 0 unspecified atom stereocenters. The van der Waals surface area contributed by atoms with Gasteiger partial charge < -0.3 is 5.32 Å². The standard InChI is InChI=1S/C24H26N2O5/c27-15-24(30)25-14-18(29)8-2-1-7-13-26(17-28)31-16-23-21-11-5-3-9-19(21)20-10-4-6-12-22(20)23/h3-6,9-12,15,17,23H,1-2,7-8,13-14,16H2,(H,25,30). The van der Waals surface area contributed by atoms with Gasteiger partial charge >= 0.3 is 0 Å². The third kappa shape index (κ3) is 5.86. The number of carbonyl (C=O) groups is 4. The number of benzene rings is 2. The monoisotopic (exact) mass is 422 g/mol. The van der Waals surface area contributed by atoms with E-state index in [1.807, 2.05) is 24.3 Å². The van der Waals surface area contributed by atoms with E-state index in [9.17, 15) is 19.2 Å². The number of unbranched alkanes of at least 4 members (excludes halogenated alkanes) is 2. The van der Waals surface area contributed by atoms with Crippen LogP contribution in [0, 0.1) is 0 Å². The largest absolute Gasteiger partial charge is 0.343 e. The molecule has 0 heterocycles. The van der Waals surface area contributed by atoms with Gasteiger partial charge in [-0.3, -0.25) is 24.0 Å². The molecule has 3 rings (SSSR count). The van der Waals surface area contributed by atoms with E-state index in [2.05, 4.69) is 29.6 Å². The summed E-state index contributed by atoms with van der Waals surface area (Å²) in [5.74, 6) is -0.842. The molecule has 2 aromatic carbocycles. The third-order valence-corrected chi connectivity index (χ3v) is 5.39.